The summed E-state index contributed by atoms with van der Waals surface area (Å²) in [7, 11) is 1.69. The van der Waals surface area contributed by atoms with Crippen LogP contribution in [0.4, 0.5) is 0 Å². The Kier molecular flexibility index (Phi) is 12.9. The number of carbonyl (C=O) groups is 2. The summed E-state index contributed by atoms with van der Waals surface area (Å²) < 4.78 is 11.8. The first kappa shape index (κ1) is 23.9. The van der Waals surface area contributed by atoms with Crippen LogP contribution in [0, 0.1) is 11.3 Å². The van der Waals surface area contributed by atoms with Gasteiger partial charge in [-0.25, -0.2) is 9.59 Å². The number of methoxy groups -OCH3 is 1. The van der Waals surface area contributed by atoms with E-state index in [2.05, 4.69) is 34.2 Å². The fraction of sp³-hybridized carbons (Fsp3) is 0.471. The Hall–Kier alpha value is -2.15. The zero-order valence-corrected chi connectivity index (χ0v) is 16.3. The monoisotopic (exact) mass is 430 g/mol. The number of hydrogen-bond donors (Lipinski definition) is 3. The molecule has 0 aliphatic carbocycles. The Morgan fingerprint density at radius 3 is 2.46 bits per heavy atom. The van der Waals surface area contributed by atoms with E-state index in [1.54, 1.807) is 13.2 Å². The molecule has 1 rings (SSSR count). The van der Waals surface area contributed by atoms with E-state index in [1.807, 2.05) is 12.1 Å². The van der Waals surface area contributed by atoms with Gasteiger partial charge in [-0.3, -0.25) is 0 Å². The minimum atomic E-state index is -1.82. The topological polar surface area (TPSA) is 129 Å². The molecule has 0 saturated carbocycles. The number of nitrogens with zero attached hydrogens (tertiary/aromatic N) is 1. The first-order valence-corrected chi connectivity index (χ1v) is 8.67. The molecule has 0 aliphatic heterocycles. The molecule has 1 aromatic rings. The van der Waals surface area contributed by atoms with E-state index >= 15 is 0 Å². The second-order valence-electron chi connectivity index (χ2n) is 5.04. The summed E-state index contributed by atoms with van der Waals surface area (Å²) in [6.07, 6.45) is 1.91. The van der Waals surface area contributed by atoms with Gasteiger partial charge in [0, 0.05) is 18.1 Å². The Bertz CT molecular complexity index is 606. The van der Waals surface area contributed by atoms with Gasteiger partial charge >= 0.3 is 11.9 Å². The van der Waals surface area contributed by atoms with Crippen molar-refractivity contribution < 1.29 is 29.3 Å². The molecule has 0 aliphatic rings. The van der Waals surface area contributed by atoms with Gasteiger partial charge in [-0.05, 0) is 37.6 Å². The molecule has 26 heavy (non-hydrogen) atoms. The average molecular weight is 431 g/mol. The lowest BCUT2D eigenvalue weighted by Gasteiger charge is -2.19. The lowest BCUT2D eigenvalue weighted by Crippen LogP contribution is -2.26. The van der Waals surface area contributed by atoms with Gasteiger partial charge in [-0.2, -0.15) is 5.26 Å². The van der Waals surface area contributed by atoms with Crippen LogP contribution in [-0.2, 0) is 14.3 Å². The van der Waals surface area contributed by atoms with Crippen LogP contribution < -0.4 is 10.1 Å². The Morgan fingerprint density at radius 2 is 1.96 bits per heavy atom. The number of carboxylic acids is 2. The summed E-state index contributed by atoms with van der Waals surface area (Å²) in [6, 6.07) is 7.62. The summed E-state index contributed by atoms with van der Waals surface area (Å²) in [5, 5.41) is 27.2. The Morgan fingerprint density at radius 1 is 1.31 bits per heavy atom. The molecule has 0 saturated heterocycles. The van der Waals surface area contributed by atoms with Gasteiger partial charge in [0.25, 0.3) is 0 Å². The van der Waals surface area contributed by atoms with Crippen LogP contribution in [0.15, 0.2) is 22.7 Å². The van der Waals surface area contributed by atoms with Crippen molar-refractivity contribution in [3.63, 3.8) is 0 Å². The molecule has 0 bridgehead atoms. The highest BCUT2D eigenvalue weighted by Crippen LogP contribution is 2.25. The van der Waals surface area contributed by atoms with Crippen molar-refractivity contribution in [2.45, 2.75) is 25.9 Å². The lowest BCUT2D eigenvalue weighted by atomic mass is 10.1. The maximum atomic E-state index is 9.10. The number of carboxylic acid groups (broad SMARTS) is 2. The number of benzene rings is 1. The summed E-state index contributed by atoms with van der Waals surface area (Å²) >= 11 is 3.40. The van der Waals surface area contributed by atoms with Gasteiger partial charge < -0.3 is 25.0 Å². The maximum Gasteiger partial charge on any atom is 0.414 e. The predicted molar refractivity (Wildman–Crippen MR) is 98.2 cm³/mol. The second kappa shape index (κ2) is 14.1. The third-order valence-corrected chi connectivity index (χ3v) is 3.62. The SMILES string of the molecule is CCC(CCNCCOC)Oc1cc(Br)ccc1C#N.O=C(O)C(=O)O. The van der Waals surface area contributed by atoms with Gasteiger partial charge in [-0.15, -0.1) is 0 Å². The van der Waals surface area contributed by atoms with Gasteiger partial charge in [-0.1, -0.05) is 22.9 Å². The van der Waals surface area contributed by atoms with E-state index in [1.165, 1.54) is 0 Å². The van der Waals surface area contributed by atoms with Crippen molar-refractivity contribution in [3.05, 3.63) is 28.2 Å². The molecule has 0 aromatic heterocycles. The maximum absolute atomic E-state index is 9.10. The van der Waals surface area contributed by atoms with Gasteiger partial charge in [0.15, 0.2) is 0 Å². The van der Waals surface area contributed by atoms with Crippen LogP contribution in [0.5, 0.6) is 5.75 Å². The molecule has 1 unspecified atom stereocenters. The molecule has 0 amide bonds. The van der Waals surface area contributed by atoms with Crippen LogP contribution in [0.1, 0.15) is 25.3 Å². The first-order valence-electron chi connectivity index (χ1n) is 7.87. The third kappa shape index (κ3) is 10.7. The van der Waals surface area contributed by atoms with Crippen molar-refractivity contribution in [3.8, 4) is 11.8 Å². The molecule has 0 heterocycles. The Balaban J connectivity index is 0.000000896. The van der Waals surface area contributed by atoms with E-state index in [0.717, 1.165) is 30.4 Å². The van der Waals surface area contributed by atoms with Crippen molar-refractivity contribution in [1.29, 1.82) is 5.26 Å². The van der Waals surface area contributed by atoms with Gasteiger partial charge in [0.2, 0.25) is 0 Å². The first-order chi connectivity index (χ1) is 12.3. The van der Waals surface area contributed by atoms with Crippen LogP contribution in [0.2, 0.25) is 0 Å². The molecule has 0 spiro atoms. The molecular weight excluding hydrogens is 408 g/mol. The molecule has 1 aromatic carbocycles. The number of ether oxygens (including phenoxy) is 2. The normalized spacial score (nSPS) is 10.8. The number of hydrogen-bond acceptors (Lipinski definition) is 6. The highest BCUT2D eigenvalue weighted by Gasteiger charge is 2.11. The minimum absolute atomic E-state index is 0.103. The van der Waals surface area contributed by atoms with E-state index in [0.29, 0.717) is 17.9 Å². The highest BCUT2D eigenvalue weighted by atomic mass is 79.9. The van der Waals surface area contributed by atoms with E-state index in [9.17, 15) is 0 Å². The second-order valence-corrected chi connectivity index (χ2v) is 5.96. The summed E-state index contributed by atoms with van der Waals surface area (Å²) in [5.41, 5.74) is 0.569. The molecule has 0 radical (unpaired) electrons. The number of halogens is 1. The molecule has 0 fully saturated rings. The number of nitrogens with one attached hydrogen (secondary N) is 1. The lowest BCUT2D eigenvalue weighted by molar-refractivity contribution is -0.159. The zero-order valence-electron chi connectivity index (χ0n) is 14.7. The van der Waals surface area contributed by atoms with Crippen molar-refractivity contribution >= 4 is 27.9 Å². The average Bonchev–Trinajstić information content (AvgIpc) is 2.61. The summed E-state index contributed by atoms with van der Waals surface area (Å²) in [6.45, 7) is 4.51. The fourth-order valence-electron chi connectivity index (χ4n) is 1.77. The van der Waals surface area contributed by atoms with E-state index < -0.39 is 11.9 Å². The minimum Gasteiger partial charge on any atom is -0.489 e. The summed E-state index contributed by atoms with van der Waals surface area (Å²) in [5.74, 6) is -3.00. The quantitative estimate of drug-likeness (QED) is 0.401. The van der Waals surface area contributed by atoms with Crippen LogP contribution in [-0.4, -0.2) is 55.1 Å². The zero-order chi connectivity index (χ0) is 19.9. The molecule has 1 atom stereocenters. The fourth-order valence-corrected chi connectivity index (χ4v) is 2.11. The number of aliphatic carboxylic acids is 2. The Labute approximate surface area is 160 Å². The van der Waals surface area contributed by atoms with Gasteiger partial charge in [0.05, 0.1) is 18.3 Å². The van der Waals surface area contributed by atoms with Crippen LogP contribution in [0.3, 0.4) is 0 Å². The van der Waals surface area contributed by atoms with Crippen molar-refractivity contribution in [1.82, 2.24) is 5.32 Å². The smallest absolute Gasteiger partial charge is 0.414 e. The molecule has 9 heteroatoms. The highest BCUT2D eigenvalue weighted by molar-refractivity contribution is 9.10. The van der Waals surface area contributed by atoms with Crippen LogP contribution >= 0.6 is 15.9 Å². The van der Waals surface area contributed by atoms with E-state index in [-0.39, 0.29) is 6.10 Å². The van der Waals surface area contributed by atoms with E-state index in [4.69, 9.17) is 34.5 Å². The molecule has 3 N–H and O–H groups in total. The molecule has 8 nitrogen and oxygen atoms in total. The largest absolute Gasteiger partial charge is 0.489 e. The number of rotatable bonds is 9. The van der Waals surface area contributed by atoms with Crippen molar-refractivity contribution in [2.75, 3.05) is 26.8 Å². The number of nitriles is 1. The van der Waals surface area contributed by atoms with Crippen molar-refractivity contribution in [2.24, 2.45) is 0 Å². The third-order valence-electron chi connectivity index (χ3n) is 3.12. The molecule has 144 valence electrons. The van der Waals surface area contributed by atoms with Crippen LogP contribution in [0.25, 0.3) is 0 Å². The predicted octanol–water partition coefficient (Wildman–Crippen LogP) is 2.26. The standard InChI is InChI=1S/C15H21BrN2O2.C2H2O4/c1-3-14(6-7-18-8-9-19-2)20-15-10-13(16)5-4-12(15)11-17;3-1(4)2(5)6/h4-5,10,14,18H,3,6-9H2,1-2H3;(H,3,4)(H,5,6). The summed E-state index contributed by atoms with van der Waals surface area (Å²) in [4.78, 5) is 18.2. The van der Waals surface area contributed by atoms with Gasteiger partial charge in [0.1, 0.15) is 11.8 Å². The molecular formula is C17H23BrN2O6.